The van der Waals surface area contributed by atoms with Crippen molar-refractivity contribution in [2.75, 3.05) is 14.2 Å². The first-order chi connectivity index (χ1) is 47.5. The average molecular weight is 2050 g/mol. The summed E-state index contributed by atoms with van der Waals surface area (Å²) in [4.78, 5) is 57.2. The second kappa shape index (κ2) is 49.6. The van der Waals surface area contributed by atoms with Crippen LogP contribution < -0.4 is 0 Å². The highest BCUT2D eigenvalue weighted by molar-refractivity contribution is 14.1. The van der Waals surface area contributed by atoms with Gasteiger partial charge in [0.25, 0.3) is 5.91 Å². The number of alkyl halides is 1. The van der Waals surface area contributed by atoms with E-state index in [4.69, 9.17) is 28.3 Å². The summed E-state index contributed by atoms with van der Waals surface area (Å²) in [5, 5.41) is 28.1. The lowest BCUT2D eigenvalue weighted by Crippen LogP contribution is -2.16. The van der Waals surface area contributed by atoms with Gasteiger partial charge in [0.15, 0.2) is 0 Å². The van der Waals surface area contributed by atoms with Crippen molar-refractivity contribution in [3.8, 4) is 42.2 Å². The highest BCUT2D eigenvalue weighted by atomic mass is 127. The van der Waals surface area contributed by atoms with E-state index in [2.05, 4.69) is 131 Å². The van der Waals surface area contributed by atoms with E-state index in [0.717, 1.165) is 47.9 Å². The van der Waals surface area contributed by atoms with Crippen LogP contribution in [0.2, 0.25) is 19.6 Å². The Hall–Kier alpha value is -6.93. The van der Waals surface area contributed by atoms with Gasteiger partial charge in [-0.3, -0.25) is 24.0 Å². The number of carbonyl (C=O) groups excluding carboxylic acids is 3. The van der Waals surface area contributed by atoms with Crippen molar-refractivity contribution < 1.29 is 78.8 Å². The summed E-state index contributed by atoms with van der Waals surface area (Å²) in [6.07, 6.45) is 10.7. The Morgan fingerprint density at radius 3 is 1.12 bits per heavy atom. The summed E-state index contributed by atoms with van der Waals surface area (Å²) in [7, 11) is 1.14. The molecule has 0 spiro atoms. The number of esters is 2. The number of aliphatic imine (C=N–C) groups is 1. The van der Waals surface area contributed by atoms with Gasteiger partial charge in [0.1, 0.15) is 54.6 Å². The second-order valence-electron chi connectivity index (χ2n) is 20.9. The van der Waals surface area contributed by atoms with Gasteiger partial charge >= 0.3 is 23.9 Å². The zero-order valence-corrected chi connectivity index (χ0v) is 68.5. The number of aliphatic carboxylic acids is 2. The molecule has 0 atom stereocenters. The maximum absolute atomic E-state index is 13.2. The number of carboxylic acids is 2. The van der Waals surface area contributed by atoms with E-state index in [1.165, 1.54) is 123 Å². The molecule has 0 heterocycles. The third-order valence-electron chi connectivity index (χ3n) is 12.0. The number of aryl methyl sites for hydroxylation is 1. The number of hydrogen-bond acceptors (Lipinski definition) is 9. The Labute approximate surface area is 664 Å². The van der Waals surface area contributed by atoms with E-state index >= 15 is 0 Å². The molecule has 1 amide bonds. The molecule has 0 bridgehead atoms. The molecule has 528 valence electrons. The number of carbonyl (C=O) groups is 5. The zero-order chi connectivity index (χ0) is 76.5. The van der Waals surface area contributed by atoms with Crippen LogP contribution in [0.15, 0.2) is 151 Å². The number of thiocarbonyl (C=S) groups is 1. The smallest absolute Gasteiger partial charge is 0.310 e. The van der Waals surface area contributed by atoms with E-state index in [1.54, 1.807) is 30.3 Å². The van der Waals surface area contributed by atoms with Crippen molar-refractivity contribution in [3.63, 3.8) is 0 Å². The Morgan fingerprint density at radius 2 is 0.792 bits per heavy atom. The minimum Gasteiger partial charge on any atom is -0.481 e. The van der Waals surface area contributed by atoms with E-state index in [0.29, 0.717) is 48.9 Å². The lowest BCUT2D eigenvalue weighted by Gasteiger charge is -2.06. The van der Waals surface area contributed by atoms with Crippen LogP contribution in [-0.4, -0.2) is 67.5 Å². The van der Waals surface area contributed by atoms with E-state index < -0.39 is 37.6 Å². The van der Waals surface area contributed by atoms with Crippen molar-refractivity contribution in [1.82, 2.24) is 0 Å². The number of halogens is 14. The SMILES string of the molecule is C#Cc1cc(F)ccc1CC(=O)N=C=S.C#Cc1cc(F)ccc1CC(=O)O.COC(=O)Cc1ccc(F)cc1C#C[Si](C)(C)C.COC(=O)Cc1ccc(F)cc1I.Cc1ccc(F)cc1I.Fc1ccc(CBr)c(I)c1.N#CCc1ccc(F)cc1I.O=C(O)Cc1ccc(F)cc1I. The fourth-order valence-corrected chi connectivity index (χ4v) is 11.8. The van der Waals surface area contributed by atoms with E-state index in [-0.39, 0.29) is 78.9 Å². The maximum atomic E-state index is 13.2. The number of ether oxygens (including phenoxy) is 2. The molecule has 11 nitrogen and oxygen atoms in total. The molecule has 0 fully saturated rings. The van der Waals surface area contributed by atoms with Gasteiger partial charge in [-0.05, 0) is 274 Å². The van der Waals surface area contributed by atoms with Gasteiger partial charge in [0.2, 0.25) is 0 Å². The molecule has 2 N–H and O–H groups in total. The van der Waals surface area contributed by atoms with Crippen molar-refractivity contribution in [1.29, 1.82) is 5.26 Å². The summed E-state index contributed by atoms with van der Waals surface area (Å²) in [5.74, 6) is 2.07. The van der Waals surface area contributed by atoms with E-state index in [9.17, 15) is 59.1 Å². The van der Waals surface area contributed by atoms with Crippen LogP contribution >= 0.6 is 141 Å². The first-order valence-electron chi connectivity index (χ1n) is 28.6. The molecule has 0 saturated carbocycles. The predicted octanol–water partition coefficient (Wildman–Crippen LogP) is 18.9. The Balaban J connectivity index is 0.000000582. The summed E-state index contributed by atoms with van der Waals surface area (Å²) in [6.45, 7) is 8.29. The molecule has 27 heteroatoms. The van der Waals surface area contributed by atoms with Crippen LogP contribution in [-0.2, 0) is 77.3 Å². The zero-order valence-electron chi connectivity index (χ0n) is 54.3. The Morgan fingerprint density at radius 1 is 0.485 bits per heavy atom. The highest BCUT2D eigenvalue weighted by Crippen LogP contribution is 2.20. The molecule has 0 aromatic heterocycles. The standard InChI is InChI=1S/C14H17FO2Si.C11H6FNOS.C10H7FO2.C9H8FIO2.C8H5FIN.C8H6FIO2.C7H5BrFI.C7H6FI/c1-17-14(16)10-11-5-6-13(15)9-12(11)7-8-18(2,3)4;1-2-8-5-10(12)4-3-9(8)6-11(14)13-7-15;1-2-7-5-9(11)4-3-8(7)6-10(12)13;1-13-9(12)4-6-2-3-7(10)5-8(6)11;9-7-2-1-6(3-4-11)8(10)5-7;9-6-2-1-5(3-8(11)12)7(10)4-6;8-4-5-1-2-6(9)3-7(5)10;1-5-2-3-6(8)4-7(5)9/h5-6,9H,10H2,1-4H3;1,3-5H,6H2;1,3-5H,6H2,(H,12,13);2-3,5H,4H2,1H3;1-2,5H,3H2;1-2,4H,3H2,(H,11,12);1-3H,4H2;2-4H,1H3. The molecule has 0 saturated heterocycles. The lowest BCUT2D eigenvalue weighted by atomic mass is 10.0. The third kappa shape index (κ3) is 39.9. The number of methoxy groups -OCH3 is 2. The molecular weight excluding hydrogens is 1990 g/mol. The second-order valence-corrected chi connectivity index (χ2v) is 32.2. The molecule has 8 aromatic rings. The minimum atomic E-state index is -1.53. The first-order valence-corrected chi connectivity index (χ1v) is 39.0. The number of carboxylic acid groups (broad SMARTS) is 2. The summed E-state index contributed by atoms with van der Waals surface area (Å²) in [6, 6.07) is 36.3. The fraction of sp³-hybridized carbons (Fsp3) is 0.176. The average Bonchev–Trinajstić information content (AvgIpc) is 0.897. The number of hydrogen-bond donors (Lipinski definition) is 2. The Kier molecular flexibility index (Phi) is 45.3. The fourth-order valence-electron chi connectivity index (χ4n) is 7.06. The largest absolute Gasteiger partial charge is 0.481 e. The quantitative estimate of drug-likeness (QED) is 0.0174. The number of isothiocyanates is 1. The molecular formula is C74H60BrF8I5N2O9SSi. The molecule has 8 rings (SSSR count). The van der Waals surface area contributed by atoms with Crippen LogP contribution in [0.4, 0.5) is 35.1 Å². The van der Waals surface area contributed by atoms with Crippen molar-refractivity contribution in [3.05, 3.63) is 271 Å². The minimum absolute atomic E-state index is 0.00343. The van der Waals surface area contributed by atoms with Crippen LogP contribution in [0.3, 0.4) is 0 Å². The normalized spacial score (nSPS) is 9.63. The molecule has 8 aromatic carbocycles. The monoisotopic (exact) mass is 2050 g/mol. The van der Waals surface area contributed by atoms with Crippen molar-refractivity contribution in [2.24, 2.45) is 4.99 Å². The molecule has 101 heavy (non-hydrogen) atoms. The molecule has 0 radical (unpaired) electrons. The van der Waals surface area contributed by atoms with Crippen LogP contribution in [0.1, 0.15) is 61.2 Å². The summed E-state index contributed by atoms with van der Waals surface area (Å²) < 4.78 is 114. The number of rotatable bonds is 12. The van der Waals surface area contributed by atoms with Gasteiger partial charge in [-0.1, -0.05) is 102 Å². The summed E-state index contributed by atoms with van der Waals surface area (Å²) >= 11 is 17.7. The molecule has 0 aliphatic heterocycles. The predicted molar refractivity (Wildman–Crippen MR) is 425 cm³/mol. The van der Waals surface area contributed by atoms with Gasteiger partial charge in [-0.15, -0.1) is 18.4 Å². The number of benzene rings is 8. The van der Waals surface area contributed by atoms with Crippen LogP contribution in [0.5, 0.6) is 0 Å². The summed E-state index contributed by atoms with van der Waals surface area (Å²) in [5.41, 5.74) is 10.7. The molecule has 0 unspecified atom stereocenters. The van der Waals surface area contributed by atoms with Crippen molar-refractivity contribution in [2.45, 2.75) is 70.4 Å². The third-order valence-corrected chi connectivity index (χ3v) is 18.8. The first kappa shape index (κ1) is 92.1. The van der Waals surface area contributed by atoms with E-state index in [1.807, 2.05) is 85.9 Å². The number of amides is 1. The maximum Gasteiger partial charge on any atom is 0.310 e. The lowest BCUT2D eigenvalue weighted by molar-refractivity contribution is -0.140. The number of nitriles is 1. The van der Waals surface area contributed by atoms with Gasteiger partial charge in [-0.2, -0.15) is 10.3 Å². The number of terminal acetylenes is 2. The van der Waals surface area contributed by atoms with Gasteiger partial charge < -0.3 is 19.7 Å². The van der Waals surface area contributed by atoms with Crippen molar-refractivity contribution >= 4 is 184 Å². The topological polar surface area (TPSA) is 180 Å². The van der Waals surface area contributed by atoms with Gasteiger partial charge in [-0.25, -0.2) is 35.1 Å². The molecule has 0 aliphatic rings. The van der Waals surface area contributed by atoms with Gasteiger partial charge in [0, 0.05) is 39.9 Å². The molecule has 0 aliphatic carbocycles. The van der Waals surface area contributed by atoms with Crippen LogP contribution in [0.25, 0.3) is 0 Å². The van der Waals surface area contributed by atoms with Crippen LogP contribution in [0, 0.1) is 119 Å². The van der Waals surface area contributed by atoms with Gasteiger partial charge in [0.05, 0.1) is 64.0 Å². The highest BCUT2D eigenvalue weighted by Gasteiger charge is 2.13. The Bertz CT molecular complexity index is 4440. The number of nitrogens with zero attached hydrogens (tertiary/aromatic N) is 2.